The highest BCUT2D eigenvalue weighted by Gasteiger charge is 2.49. The molecule has 18 heavy (non-hydrogen) atoms. The lowest BCUT2D eigenvalue weighted by Crippen LogP contribution is -2.38. The van der Waals surface area contributed by atoms with E-state index in [1.54, 1.807) is 0 Å². The summed E-state index contributed by atoms with van der Waals surface area (Å²) in [6, 6.07) is 0. The molecule has 1 aromatic rings. The summed E-state index contributed by atoms with van der Waals surface area (Å²) in [7, 11) is 0. The van der Waals surface area contributed by atoms with Crippen LogP contribution in [-0.2, 0) is 10.3 Å². The quantitative estimate of drug-likeness (QED) is 0.814. The number of tetrazole rings is 1. The van der Waals surface area contributed by atoms with Gasteiger partial charge in [-0.1, -0.05) is 41.7 Å². The van der Waals surface area contributed by atoms with E-state index in [9.17, 15) is 4.79 Å². The highest BCUT2D eigenvalue weighted by Crippen LogP contribution is 2.43. The van der Waals surface area contributed by atoms with Crippen molar-refractivity contribution in [1.82, 2.24) is 25.9 Å². The third-order valence-corrected chi connectivity index (χ3v) is 3.16. The Bertz CT molecular complexity index is 509. The van der Waals surface area contributed by atoms with E-state index < -0.39 is 5.54 Å². The van der Waals surface area contributed by atoms with E-state index in [1.807, 2.05) is 36.5 Å². The Balaban J connectivity index is 1.72. The zero-order valence-corrected chi connectivity index (χ0v) is 9.71. The minimum absolute atomic E-state index is 0.0338. The minimum atomic E-state index is -0.411. The molecule has 1 fully saturated rings. The van der Waals surface area contributed by atoms with Gasteiger partial charge < -0.3 is 5.32 Å². The maximum Gasteiger partial charge on any atom is 0.231 e. The van der Waals surface area contributed by atoms with E-state index in [2.05, 4.69) is 25.9 Å². The molecule has 0 atom stereocenters. The van der Waals surface area contributed by atoms with E-state index in [-0.39, 0.29) is 11.8 Å². The van der Waals surface area contributed by atoms with E-state index in [0.29, 0.717) is 5.82 Å². The standard InChI is InChI=1S/C12H13N5O/c18-10(9-5-3-1-2-4-6-9)13-12(7-8-12)11-14-16-17-15-11/h1-6,9H,7-8H2,(H,13,18)(H,14,15,16,17). The molecule has 2 aliphatic carbocycles. The molecular formula is C12H13N5O. The molecule has 92 valence electrons. The van der Waals surface area contributed by atoms with Gasteiger partial charge in [-0.15, -0.1) is 10.2 Å². The van der Waals surface area contributed by atoms with Gasteiger partial charge in [0.1, 0.15) is 5.54 Å². The molecule has 6 nitrogen and oxygen atoms in total. The summed E-state index contributed by atoms with van der Waals surface area (Å²) in [5.41, 5.74) is -0.411. The zero-order valence-electron chi connectivity index (χ0n) is 9.71. The number of amides is 1. The largest absolute Gasteiger partial charge is 0.342 e. The second kappa shape index (κ2) is 4.21. The van der Waals surface area contributed by atoms with Gasteiger partial charge in [-0.2, -0.15) is 5.21 Å². The Kier molecular flexibility index (Phi) is 2.55. The van der Waals surface area contributed by atoms with Gasteiger partial charge >= 0.3 is 0 Å². The fourth-order valence-corrected chi connectivity index (χ4v) is 1.95. The van der Waals surface area contributed by atoms with E-state index in [1.165, 1.54) is 0 Å². The summed E-state index contributed by atoms with van der Waals surface area (Å²) in [4.78, 5) is 12.2. The summed E-state index contributed by atoms with van der Waals surface area (Å²) in [5, 5.41) is 16.9. The Morgan fingerprint density at radius 2 is 2.00 bits per heavy atom. The first-order valence-corrected chi connectivity index (χ1v) is 5.88. The van der Waals surface area contributed by atoms with Crippen LogP contribution in [0, 0.1) is 5.92 Å². The lowest BCUT2D eigenvalue weighted by atomic mass is 10.1. The number of rotatable bonds is 3. The topological polar surface area (TPSA) is 83.6 Å². The van der Waals surface area contributed by atoms with Crippen LogP contribution < -0.4 is 5.32 Å². The normalized spacial score (nSPS) is 20.7. The SMILES string of the molecule is O=C(NC1(c2nn[nH]n2)CC1)C1C=CC=CC=C1. The average molecular weight is 243 g/mol. The molecule has 1 saturated carbocycles. The van der Waals surface area contributed by atoms with Gasteiger partial charge in [-0.25, -0.2) is 0 Å². The van der Waals surface area contributed by atoms with Gasteiger partial charge in [0.15, 0.2) is 5.82 Å². The molecule has 2 aliphatic rings. The van der Waals surface area contributed by atoms with E-state index in [0.717, 1.165) is 12.8 Å². The van der Waals surface area contributed by atoms with Crippen LogP contribution in [0.3, 0.4) is 0 Å². The van der Waals surface area contributed by atoms with Crippen molar-refractivity contribution < 1.29 is 4.79 Å². The van der Waals surface area contributed by atoms with Crippen LogP contribution in [0.1, 0.15) is 18.7 Å². The van der Waals surface area contributed by atoms with Crippen molar-refractivity contribution in [2.24, 2.45) is 5.92 Å². The first kappa shape index (κ1) is 10.9. The number of H-pyrrole nitrogens is 1. The third kappa shape index (κ3) is 1.97. The average Bonchev–Trinajstić information content (AvgIpc) is 3.03. The maximum atomic E-state index is 12.2. The number of hydrogen-bond acceptors (Lipinski definition) is 4. The van der Waals surface area contributed by atoms with Crippen molar-refractivity contribution in [2.75, 3.05) is 0 Å². The maximum absolute atomic E-state index is 12.2. The van der Waals surface area contributed by atoms with Crippen molar-refractivity contribution in [3.05, 3.63) is 42.3 Å². The van der Waals surface area contributed by atoms with Crippen molar-refractivity contribution >= 4 is 5.91 Å². The second-order valence-corrected chi connectivity index (χ2v) is 4.49. The van der Waals surface area contributed by atoms with Crippen LogP contribution in [0.25, 0.3) is 0 Å². The molecule has 3 rings (SSSR count). The van der Waals surface area contributed by atoms with E-state index in [4.69, 9.17) is 0 Å². The highest BCUT2D eigenvalue weighted by atomic mass is 16.2. The molecule has 0 aromatic carbocycles. The van der Waals surface area contributed by atoms with Crippen molar-refractivity contribution in [3.63, 3.8) is 0 Å². The smallest absolute Gasteiger partial charge is 0.231 e. The number of nitrogens with one attached hydrogen (secondary N) is 2. The zero-order chi connectivity index (χ0) is 12.4. The van der Waals surface area contributed by atoms with Crippen molar-refractivity contribution in [1.29, 1.82) is 0 Å². The van der Waals surface area contributed by atoms with Crippen LogP contribution in [-0.4, -0.2) is 26.5 Å². The number of allylic oxidation sites excluding steroid dienone is 4. The van der Waals surface area contributed by atoms with Gasteiger partial charge in [-0.3, -0.25) is 4.79 Å². The predicted octanol–water partition coefficient (Wildman–Crippen LogP) is 0.603. The molecule has 2 N–H and O–H groups in total. The number of carbonyl (C=O) groups is 1. The lowest BCUT2D eigenvalue weighted by Gasteiger charge is -2.15. The molecule has 0 unspecified atom stereocenters. The van der Waals surface area contributed by atoms with Crippen LogP contribution >= 0.6 is 0 Å². The monoisotopic (exact) mass is 243 g/mol. The van der Waals surface area contributed by atoms with Crippen molar-refractivity contribution in [2.45, 2.75) is 18.4 Å². The van der Waals surface area contributed by atoms with Gasteiger partial charge in [0.25, 0.3) is 0 Å². The Morgan fingerprint density at radius 3 is 2.56 bits per heavy atom. The van der Waals surface area contributed by atoms with Crippen LogP contribution in [0.2, 0.25) is 0 Å². The number of carbonyl (C=O) groups excluding carboxylic acids is 1. The number of aromatic amines is 1. The molecule has 0 aliphatic heterocycles. The van der Waals surface area contributed by atoms with Gasteiger partial charge in [-0.05, 0) is 12.8 Å². The Hall–Kier alpha value is -2.24. The molecule has 6 heteroatoms. The number of aromatic nitrogens is 4. The van der Waals surface area contributed by atoms with Crippen LogP contribution in [0.5, 0.6) is 0 Å². The Labute approximate surface area is 104 Å². The van der Waals surface area contributed by atoms with Crippen LogP contribution in [0.15, 0.2) is 36.5 Å². The third-order valence-electron chi connectivity index (χ3n) is 3.16. The van der Waals surface area contributed by atoms with Crippen molar-refractivity contribution in [3.8, 4) is 0 Å². The molecule has 0 spiro atoms. The molecule has 1 aromatic heterocycles. The fourth-order valence-electron chi connectivity index (χ4n) is 1.95. The first-order valence-electron chi connectivity index (χ1n) is 5.88. The molecular weight excluding hydrogens is 230 g/mol. The molecule has 1 heterocycles. The second-order valence-electron chi connectivity index (χ2n) is 4.49. The molecule has 0 saturated heterocycles. The number of nitrogens with zero attached hydrogens (tertiary/aromatic N) is 3. The summed E-state index contributed by atoms with van der Waals surface area (Å²) in [6.45, 7) is 0. The predicted molar refractivity (Wildman–Crippen MR) is 64.1 cm³/mol. The summed E-state index contributed by atoms with van der Waals surface area (Å²) < 4.78 is 0. The highest BCUT2D eigenvalue weighted by molar-refractivity contribution is 5.83. The van der Waals surface area contributed by atoms with E-state index >= 15 is 0 Å². The summed E-state index contributed by atoms with van der Waals surface area (Å²) in [6.07, 6.45) is 13.0. The minimum Gasteiger partial charge on any atom is -0.342 e. The van der Waals surface area contributed by atoms with Crippen LogP contribution in [0.4, 0.5) is 0 Å². The van der Waals surface area contributed by atoms with Gasteiger partial charge in [0.2, 0.25) is 5.91 Å². The summed E-state index contributed by atoms with van der Waals surface area (Å²) >= 11 is 0. The number of hydrogen-bond donors (Lipinski definition) is 2. The molecule has 0 radical (unpaired) electrons. The Morgan fingerprint density at radius 1 is 1.28 bits per heavy atom. The summed E-state index contributed by atoms with van der Waals surface area (Å²) in [5.74, 6) is 0.286. The van der Waals surface area contributed by atoms with Gasteiger partial charge in [0.05, 0.1) is 5.92 Å². The molecule has 0 bridgehead atoms. The molecule has 1 amide bonds. The lowest BCUT2D eigenvalue weighted by molar-refractivity contribution is -0.123. The van der Waals surface area contributed by atoms with Gasteiger partial charge in [0, 0.05) is 0 Å². The first-order chi connectivity index (χ1) is 8.80. The fraction of sp³-hybridized carbons (Fsp3) is 0.333.